The van der Waals surface area contributed by atoms with E-state index in [1.165, 1.54) is 13.8 Å². The van der Waals surface area contributed by atoms with Crippen LogP contribution in [0.1, 0.15) is 152 Å². The van der Waals surface area contributed by atoms with Crippen molar-refractivity contribution in [2.75, 3.05) is 39.3 Å². The molecular weight excluding hydrogens is 1050 g/mol. The number of hydrogen-bond acceptors (Lipinski definition) is 18. The van der Waals surface area contributed by atoms with Crippen LogP contribution < -0.4 is 71.2 Å². The van der Waals surface area contributed by atoms with Crippen molar-refractivity contribution in [2.24, 2.45) is 64.2 Å². The third kappa shape index (κ3) is 27.4. The molecule has 0 aromatic carbocycles. The van der Waals surface area contributed by atoms with Crippen LogP contribution in [-0.2, 0) is 52.7 Å². The largest absolute Gasteiger partial charge is 0.393 e. The summed E-state index contributed by atoms with van der Waals surface area (Å²) in [5.74, 6) is -11.5. The SMILES string of the molecule is CCC(C)CCCC(=O)N[C@@H](CCN)C(=O)C[C@H](C(=O)N[C@@H](CCN)C(=O)N[C@H]1CCNC(=O)[C@H]([C@@H](C)O)NC(=O)[C@H](CCN)NC(=O)[C@H](CCN)CC(=O)[C@H](CC(C)C)NC(=O)[C@@H](CC(C)C)CC(=O)[C@H](CCN)NC1=O)[C@@H](C)O. The Morgan fingerprint density at radius 1 is 0.593 bits per heavy atom. The van der Waals surface area contributed by atoms with Gasteiger partial charge in [-0.15, -0.1) is 0 Å². The second-order valence-electron chi connectivity index (χ2n) is 22.5. The average molecular weight is 1150 g/mol. The molecule has 1 fully saturated rings. The van der Waals surface area contributed by atoms with E-state index >= 15 is 0 Å². The first kappa shape index (κ1) is 73.5. The normalized spacial score (nSPS) is 23.8. The molecule has 0 saturated carbocycles. The van der Waals surface area contributed by atoms with Crippen molar-refractivity contribution >= 4 is 64.6 Å². The molecule has 0 spiro atoms. The summed E-state index contributed by atoms with van der Waals surface area (Å²) in [5.41, 5.74) is 29.4. The van der Waals surface area contributed by atoms with E-state index in [9.17, 15) is 63.0 Å². The van der Waals surface area contributed by atoms with Crippen LogP contribution in [0.4, 0.5) is 0 Å². The van der Waals surface area contributed by atoms with Crippen LogP contribution in [0.15, 0.2) is 0 Å². The summed E-state index contributed by atoms with van der Waals surface area (Å²) in [6, 6.07) is -9.60. The molecule has 13 atom stereocenters. The van der Waals surface area contributed by atoms with Gasteiger partial charge in [0.05, 0.1) is 36.3 Å². The number of aliphatic hydroxyl groups is 2. The zero-order valence-electron chi connectivity index (χ0n) is 49.3. The van der Waals surface area contributed by atoms with E-state index in [4.69, 9.17) is 28.7 Å². The minimum absolute atomic E-state index is 0.0159. The lowest BCUT2D eigenvalue weighted by molar-refractivity contribution is -0.137. The maximum absolute atomic E-state index is 14.5. The topological polar surface area (TPSA) is 455 Å². The molecule has 1 rings (SSSR count). The maximum Gasteiger partial charge on any atom is 0.245 e. The van der Waals surface area contributed by atoms with Crippen LogP contribution in [0.3, 0.4) is 0 Å². The van der Waals surface area contributed by atoms with Gasteiger partial charge in [-0.1, -0.05) is 54.4 Å². The summed E-state index contributed by atoms with van der Waals surface area (Å²) in [6.45, 7) is 13.1. The number of Topliss-reactive ketones (excluding diaryl/α,β-unsaturated/α-hetero) is 3. The van der Waals surface area contributed by atoms with Crippen molar-refractivity contribution in [1.29, 1.82) is 0 Å². The monoisotopic (exact) mass is 1150 g/mol. The van der Waals surface area contributed by atoms with Crippen LogP contribution >= 0.6 is 0 Å². The van der Waals surface area contributed by atoms with Crippen molar-refractivity contribution < 1.29 is 63.0 Å². The fraction of sp³-hybridized carbons (Fsp3) is 0.800. The van der Waals surface area contributed by atoms with Gasteiger partial charge < -0.3 is 81.4 Å². The molecule has 1 unspecified atom stereocenters. The standard InChI is InChI=1S/C55H101N13O13/c1-9-32(6)11-10-12-47(74)62-38(14-20-57)46(73)29-37(33(7)69)51(77)65-40(16-22-59)52(78)66-42-18-24-61-55(81)48(34(8)70)68-54(80)41(17-23-60)64-49(75)35(13-19-56)27-45(72)43(26-31(4)5)67-50(76)36(25-30(2)3)28-44(71)39(15-21-58)63-53(42)79/h30-43,48,69-70H,9-29,56-60H2,1-8H3,(H,61,81)(H,62,74)(H,63,79)(H,64,75)(H,65,77)(H,66,78)(H,67,76)(H,68,80)/t32?,33-,34-,35-,36+,37+,38+,39+,40+,41+,42+,43+,48+/m1/s1. The molecule has 0 bridgehead atoms. The summed E-state index contributed by atoms with van der Waals surface area (Å²) < 4.78 is 0. The molecule has 26 nitrogen and oxygen atoms in total. The molecule has 0 aliphatic carbocycles. The number of hydrogen-bond donors (Lipinski definition) is 15. The van der Waals surface area contributed by atoms with E-state index in [-0.39, 0.29) is 108 Å². The van der Waals surface area contributed by atoms with Gasteiger partial charge in [-0.2, -0.15) is 0 Å². The van der Waals surface area contributed by atoms with E-state index in [0.717, 1.165) is 12.8 Å². The lowest BCUT2D eigenvalue weighted by atomic mass is 9.87. The first-order valence-corrected chi connectivity index (χ1v) is 29.0. The minimum Gasteiger partial charge on any atom is -0.393 e. The minimum atomic E-state index is -1.65. The van der Waals surface area contributed by atoms with Crippen LogP contribution in [0, 0.1) is 35.5 Å². The smallest absolute Gasteiger partial charge is 0.245 e. The van der Waals surface area contributed by atoms with Gasteiger partial charge in [0.15, 0.2) is 17.3 Å². The number of amides is 8. The van der Waals surface area contributed by atoms with Gasteiger partial charge in [0.2, 0.25) is 47.3 Å². The highest BCUT2D eigenvalue weighted by molar-refractivity contribution is 5.99. The summed E-state index contributed by atoms with van der Waals surface area (Å²) >= 11 is 0. The third-order valence-electron chi connectivity index (χ3n) is 14.4. The summed E-state index contributed by atoms with van der Waals surface area (Å²) in [6.07, 6.45) is -2.28. The molecular formula is C55H101N13O13. The fourth-order valence-electron chi connectivity index (χ4n) is 9.43. The maximum atomic E-state index is 14.5. The number of nitrogens with one attached hydrogen (secondary N) is 8. The van der Waals surface area contributed by atoms with Gasteiger partial charge in [-0.3, -0.25) is 52.7 Å². The molecule has 1 aliphatic rings. The molecule has 1 aliphatic heterocycles. The van der Waals surface area contributed by atoms with Gasteiger partial charge in [0.25, 0.3) is 0 Å². The van der Waals surface area contributed by atoms with Crippen LogP contribution in [0.5, 0.6) is 0 Å². The molecule has 1 saturated heterocycles. The Morgan fingerprint density at radius 3 is 1.69 bits per heavy atom. The first-order valence-electron chi connectivity index (χ1n) is 29.0. The first-order chi connectivity index (χ1) is 38.2. The van der Waals surface area contributed by atoms with Crippen molar-refractivity contribution in [3.05, 3.63) is 0 Å². The van der Waals surface area contributed by atoms with E-state index in [0.29, 0.717) is 12.3 Å². The zero-order valence-corrected chi connectivity index (χ0v) is 49.3. The summed E-state index contributed by atoms with van der Waals surface area (Å²) in [5, 5.41) is 42.4. The Balaban J connectivity index is 3.84. The third-order valence-corrected chi connectivity index (χ3v) is 14.4. The second kappa shape index (κ2) is 39.1. The number of aliphatic hydroxyl groups excluding tert-OH is 2. The van der Waals surface area contributed by atoms with Crippen LogP contribution in [-0.4, -0.2) is 169 Å². The van der Waals surface area contributed by atoms with Gasteiger partial charge in [0.1, 0.15) is 24.2 Å². The molecule has 464 valence electrons. The van der Waals surface area contributed by atoms with Crippen LogP contribution in [0.25, 0.3) is 0 Å². The molecule has 20 N–H and O–H groups in total. The van der Waals surface area contributed by atoms with Gasteiger partial charge in [-0.05, 0) is 122 Å². The number of carbonyl (C=O) groups is 11. The molecule has 0 radical (unpaired) electrons. The van der Waals surface area contributed by atoms with E-state index in [2.05, 4.69) is 49.5 Å². The van der Waals surface area contributed by atoms with E-state index < -0.39 is 157 Å². The molecule has 26 heteroatoms. The Morgan fingerprint density at radius 2 is 1.14 bits per heavy atom. The van der Waals surface area contributed by atoms with E-state index in [1.807, 2.05) is 34.6 Å². The molecule has 8 amide bonds. The Bertz CT molecular complexity index is 2040. The number of carbonyl (C=O) groups excluding carboxylic acids is 11. The Kier molecular flexibility index (Phi) is 35.4. The number of nitrogens with two attached hydrogens (primary N) is 5. The predicted octanol–water partition coefficient (Wildman–Crippen LogP) is -2.56. The lowest BCUT2D eigenvalue weighted by Crippen LogP contribution is -2.59. The second-order valence-corrected chi connectivity index (χ2v) is 22.5. The zero-order chi connectivity index (χ0) is 61.5. The fourth-order valence-corrected chi connectivity index (χ4v) is 9.43. The molecule has 0 aromatic heterocycles. The highest BCUT2D eigenvalue weighted by atomic mass is 16.3. The Hall–Kier alpha value is -5.51. The highest BCUT2D eigenvalue weighted by Crippen LogP contribution is 2.22. The van der Waals surface area contributed by atoms with Gasteiger partial charge in [-0.25, -0.2) is 0 Å². The van der Waals surface area contributed by atoms with Crippen molar-refractivity contribution in [3.8, 4) is 0 Å². The molecule has 0 aromatic rings. The quantitative estimate of drug-likeness (QED) is 0.0366. The lowest BCUT2D eigenvalue weighted by Gasteiger charge is -2.28. The van der Waals surface area contributed by atoms with Crippen LogP contribution in [0.2, 0.25) is 0 Å². The van der Waals surface area contributed by atoms with Gasteiger partial charge in [0, 0.05) is 44.1 Å². The summed E-state index contributed by atoms with van der Waals surface area (Å²) in [4.78, 5) is 153. The van der Waals surface area contributed by atoms with Crippen molar-refractivity contribution in [2.45, 2.75) is 206 Å². The summed E-state index contributed by atoms with van der Waals surface area (Å²) in [7, 11) is 0. The molecule has 1 heterocycles. The van der Waals surface area contributed by atoms with Crippen molar-refractivity contribution in [1.82, 2.24) is 42.5 Å². The van der Waals surface area contributed by atoms with Gasteiger partial charge >= 0.3 is 0 Å². The highest BCUT2D eigenvalue weighted by Gasteiger charge is 2.38. The average Bonchev–Trinajstić information content (AvgIpc) is 3.41. The molecule has 81 heavy (non-hydrogen) atoms. The van der Waals surface area contributed by atoms with E-state index in [1.54, 1.807) is 0 Å². The predicted molar refractivity (Wildman–Crippen MR) is 304 cm³/mol. The number of ketones is 3. The number of rotatable bonds is 29. The Labute approximate surface area is 478 Å². The van der Waals surface area contributed by atoms with Crippen molar-refractivity contribution in [3.63, 3.8) is 0 Å².